The zero-order valence-electron chi connectivity index (χ0n) is 16.7. The first kappa shape index (κ1) is 24.8. The molecule has 0 unspecified atom stereocenters. The summed E-state index contributed by atoms with van der Waals surface area (Å²) in [5.41, 5.74) is 0.667. The number of benzene rings is 2. The molecule has 0 saturated carbocycles. The molecule has 30 heavy (non-hydrogen) atoms. The number of carbonyl (C=O) groups is 2. The van der Waals surface area contributed by atoms with Crippen LogP contribution in [0.1, 0.15) is 26.3 Å². The number of carbonyl (C=O) groups excluding carboxylic acids is 2. The Labute approximate surface area is 199 Å². The van der Waals surface area contributed by atoms with Crippen LogP contribution in [-0.2, 0) is 16.1 Å². The Hall–Kier alpha value is -1.47. The molecule has 2 amide bonds. The van der Waals surface area contributed by atoms with E-state index in [2.05, 4.69) is 21.2 Å². The summed E-state index contributed by atoms with van der Waals surface area (Å²) in [6.45, 7) is 5.20. The van der Waals surface area contributed by atoms with Crippen LogP contribution < -0.4 is 10.1 Å². The van der Waals surface area contributed by atoms with Crippen molar-refractivity contribution < 1.29 is 14.3 Å². The van der Waals surface area contributed by atoms with Gasteiger partial charge in [0.25, 0.3) is 5.91 Å². The van der Waals surface area contributed by atoms with E-state index in [1.807, 2.05) is 13.8 Å². The van der Waals surface area contributed by atoms with E-state index < -0.39 is 6.04 Å². The van der Waals surface area contributed by atoms with E-state index in [0.717, 1.165) is 4.47 Å². The lowest BCUT2D eigenvalue weighted by atomic mass is 10.1. The van der Waals surface area contributed by atoms with E-state index in [1.54, 1.807) is 43.3 Å². The zero-order chi connectivity index (χ0) is 22.4. The van der Waals surface area contributed by atoms with Crippen LogP contribution in [0.15, 0.2) is 40.9 Å². The molecular weight excluding hydrogens is 515 g/mol. The van der Waals surface area contributed by atoms with Crippen molar-refractivity contribution in [2.45, 2.75) is 39.4 Å². The molecule has 0 saturated heterocycles. The van der Waals surface area contributed by atoms with Crippen LogP contribution in [0.25, 0.3) is 0 Å². The average molecular weight is 537 g/mol. The summed E-state index contributed by atoms with van der Waals surface area (Å²) in [5, 5.41) is 4.09. The third-order valence-corrected chi connectivity index (χ3v) is 5.57. The SMILES string of the molecule is CC(C)NC(=O)[C@H](C)N(Cc1ccc(Cl)cc1Cl)C(=O)COc1ccc(Br)cc1Cl. The van der Waals surface area contributed by atoms with Gasteiger partial charge >= 0.3 is 0 Å². The van der Waals surface area contributed by atoms with E-state index in [1.165, 1.54) is 4.90 Å². The molecule has 2 rings (SSSR count). The largest absolute Gasteiger partial charge is 0.482 e. The molecule has 9 heteroatoms. The first-order valence-electron chi connectivity index (χ1n) is 9.20. The highest BCUT2D eigenvalue weighted by Crippen LogP contribution is 2.28. The number of hydrogen-bond donors (Lipinski definition) is 1. The van der Waals surface area contributed by atoms with Crippen molar-refractivity contribution in [2.24, 2.45) is 0 Å². The Morgan fingerprint density at radius 2 is 1.77 bits per heavy atom. The topological polar surface area (TPSA) is 58.6 Å². The second-order valence-corrected chi connectivity index (χ2v) is 9.13. The van der Waals surface area contributed by atoms with Crippen molar-refractivity contribution in [3.05, 3.63) is 61.5 Å². The van der Waals surface area contributed by atoms with Crippen LogP contribution in [0.2, 0.25) is 15.1 Å². The van der Waals surface area contributed by atoms with Gasteiger partial charge in [0, 0.05) is 27.1 Å². The Morgan fingerprint density at radius 1 is 1.07 bits per heavy atom. The maximum Gasteiger partial charge on any atom is 0.261 e. The van der Waals surface area contributed by atoms with Crippen molar-refractivity contribution in [3.8, 4) is 5.75 Å². The van der Waals surface area contributed by atoms with Crippen molar-refractivity contribution in [1.29, 1.82) is 0 Å². The lowest BCUT2D eigenvalue weighted by Crippen LogP contribution is -2.50. The predicted octanol–water partition coefficient (Wildman–Crippen LogP) is 5.73. The maximum absolute atomic E-state index is 13.0. The fraction of sp³-hybridized carbons (Fsp3) is 0.333. The molecule has 2 aromatic carbocycles. The van der Waals surface area contributed by atoms with Gasteiger partial charge in [0.05, 0.1) is 5.02 Å². The number of hydrogen-bond acceptors (Lipinski definition) is 3. The summed E-state index contributed by atoms with van der Waals surface area (Å²) < 4.78 is 6.40. The van der Waals surface area contributed by atoms with Crippen LogP contribution in [0.4, 0.5) is 0 Å². The van der Waals surface area contributed by atoms with E-state index in [9.17, 15) is 9.59 Å². The number of amides is 2. The average Bonchev–Trinajstić information content (AvgIpc) is 2.65. The molecular formula is C21H22BrCl3N2O3. The molecule has 0 fully saturated rings. The Balaban J connectivity index is 2.22. The smallest absolute Gasteiger partial charge is 0.261 e. The van der Waals surface area contributed by atoms with Crippen LogP contribution in [0, 0.1) is 0 Å². The van der Waals surface area contributed by atoms with Gasteiger partial charge in [0.2, 0.25) is 5.91 Å². The van der Waals surface area contributed by atoms with E-state index in [0.29, 0.717) is 26.4 Å². The minimum absolute atomic E-state index is 0.0613. The Morgan fingerprint density at radius 3 is 2.37 bits per heavy atom. The van der Waals surface area contributed by atoms with Gasteiger partial charge in [-0.3, -0.25) is 9.59 Å². The monoisotopic (exact) mass is 534 g/mol. The molecule has 0 aliphatic carbocycles. The molecule has 0 radical (unpaired) electrons. The first-order valence-corrected chi connectivity index (χ1v) is 11.1. The van der Waals surface area contributed by atoms with Crippen molar-refractivity contribution >= 4 is 62.5 Å². The third kappa shape index (κ3) is 7.05. The standard InChI is InChI=1S/C21H22BrCl3N2O3/c1-12(2)26-21(29)13(3)27(10-14-4-6-16(23)9-17(14)24)20(28)11-30-19-7-5-15(22)8-18(19)25/h4-9,12-13H,10-11H2,1-3H3,(H,26,29)/t13-/m0/s1. The van der Waals surface area contributed by atoms with Crippen molar-refractivity contribution in [3.63, 3.8) is 0 Å². The highest BCUT2D eigenvalue weighted by atomic mass is 79.9. The van der Waals surface area contributed by atoms with E-state index in [-0.39, 0.29) is 31.0 Å². The molecule has 0 spiro atoms. The van der Waals surface area contributed by atoms with Gasteiger partial charge in [-0.25, -0.2) is 0 Å². The second kappa shape index (κ2) is 11.2. The first-order chi connectivity index (χ1) is 14.1. The number of rotatable bonds is 8. The molecule has 1 atom stereocenters. The summed E-state index contributed by atoms with van der Waals surface area (Å²) in [5.74, 6) is -0.284. The zero-order valence-corrected chi connectivity index (χ0v) is 20.6. The molecule has 162 valence electrons. The summed E-state index contributed by atoms with van der Waals surface area (Å²) in [6, 6.07) is 9.30. The van der Waals surface area contributed by atoms with Gasteiger partial charge in [-0.15, -0.1) is 0 Å². The van der Waals surface area contributed by atoms with Gasteiger partial charge in [0.15, 0.2) is 6.61 Å². The van der Waals surface area contributed by atoms with Crippen molar-refractivity contribution in [2.75, 3.05) is 6.61 Å². The van der Waals surface area contributed by atoms with Gasteiger partial charge < -0.3 is 15.0 Å². The lowest BCUT2D eigenvalue weighted by Gasteiger charge is -2.29. The fourth-order valence-electron chi connectivity index (χ4n) is 2.64. The van der Waals surface area contributed by atoms with Gasteiger partial charge in [-0.1, -0.05) is 56.8 Å². The quantitative estimate of drug-likeness (QED) is 0.469. The molecule has 1 N–H and O–H groups in total. The number of halogens is 4. The molecule has 0 aromatic heterocycles. The van der Waals surface area contributed by atoms with Crippen LogP contribution in [-0.4, -0.2) is 35.4 Å². The summed E-state index contributed by atoms with van der Waals surface area (Å²) in [7, 11) is 0. The number of nitrogens with zero attached hydrogens (tertiary/aromatic N) is 1. The minimum Gasteiger partial charge on any atom is -0.482 e. The molecule has 0 aliphatic rings. The molecule has 0 aliphatic heterocycles. The number of nitrogens with one attached hydrogen (secondary N) is 1. The second-order valence-electron chi connectivity index (χ2n) is 6.96. The van der Waals surface area contributed by atoms with E-state index in [4.69, 9.17) is 39.5 Å². The minimum atomic E-state index is -0.740. The van der Waals surface area contributed by atoms with Crippen LogP contribution in [0.3, 0.4) is 0 Å². The van der Waals surface area contributed by atoms with E-state index >= 15 is 0 Å². The lowest BCUT2D eigenvalue weighted by molar-refractivity contribution is -0.142. The van der Waals surface area contributed by atoms with Crippen molar-refractivity contribution in [1.82, 2.24) is 10.2 Å². The molecule has 0 bridgehead atoms. The Kier molecular flexibility index (Phi) is 9.29. The fourth-order valence-corrected chi connectivity index (χ4v) is 3.83. The summed E-state index contributed by atoms with van der Waals surface area (Å²) in [6.07, 6.45) is 0. The predicted molar refractivity (Wildman–Crippen MR) is 124 cm³/mol. The third-order valence-electron chi connectivity index (χ3n) is 4.20. The molecule has 2 aromatic rings. The maximum atomic E-state index is 13.0. The van der Waals surface area contributed by atoms with Gasteiger partial charge in [-0.2, -0.15) is 0 Å². The highest BCUT2D eigenvalue weighted by molar-refractivity contribution is 9.10. The summed E-state index contributed by atoms with van der Waals surface area (Å²) in [4.78, 5) is 27.0. The Bertz CT molecular complexity index is 924. The highest BCUT2D eigenvalue weighted by Gasteiger charge is 2.27. The number of ether oxygens (including phenoxy) is 1. The van der Waals surface area contributed by atoms with Crippen LogP contribution >= 0.6 is 50.7 Å². The van der Waals surface area contributed by atoms with Gasteiger partial charge in [-0.05, 0) is 56.7 Å². The van der Waals surface area contributed by atoms with Gasteiger partial charge in [0.1, 0.15) is 11.8 Å². The molecule has 5 nitrogen and oxygen atoms in total. The summed E-state index contributed by atoms with van der Waals surface area (Å²) >= 11 is 21.7. The normalized spacial score (nSPS) is 11.9. The molecule has 0 heterocycles. The van der Waals surface area contributed by atoms with Crippen LogP contribution in [0.5, 0.6) is 5.75 Å².